The number of nitrogens with zero attached hydrogens (tertiary/aromatic N) is 4. The Kier molecular flexibility index (Phi) is 13.1. The number of halogens is 3. The minimum Gasteiger partial charge on any atom is -0.404 e. The van der Waals surface area contributed by atoms with E-state index in [-0.39, 0.29) is 18.9 Å². The van der Waals surface area contributed by atoms with Crippen molar-refractivity contribution in [3.05, 3.63) is 102 Å². The van der Waals surface area contributed by atoms with E-state index >= 15 is 0 Å². The smallest absolute Gasteiger partial charge is 0.404 e. The van der Waals surface area contributed by atoms with Crippen molar-refractivity contribution >= 4 is 35.5 Å². The van der Waals surface area contributed by atoms with Gasteiger partial charge in [-0.1, -0.05) is 55.1 Å². The second kappa shape index (κ2) is 17.4. The number of ether oxygens (including phenoxy) is 1. The lowest BCUT2D eigenvalue weighted by molar-refractivity contribution is -0.179. The van der Waals surface area contributed by atoms with Crippen LogP contribution in [0.3, 0.4) is 0 Å². The van der Waals surface area contributed by atoms with Crippen molar-refractivity contribution < 1.29 is 32.3 Å². The number of hydrogen-bond donors (Lipinski definition) is 4. The number of likely N-dealkylation sites (N-methyl/N-ethyl adjacent to an activating group) is 1. The largest absolute Gasteiger partial charge is 0.503 e. The minimum atomic E-state index is -4.77. The predicted octanol–water partition coefficient (Wildman–Crippen LogP) is 3.06. The molecule has 4 heterocycles. The molecule has 266 valence electrons. The highest BCUT2D eigenvalue weighted by atomic mass is 19.4. The van der Waals surface area contributed by atoms with E-state index in [0.29, 0.717) is 60.3 Å². The van der Waals surface area contributed by atoms with Gasteiger partial charge in [-0.2, -0.15) is 4.99 Å². The van der Waals surface area contributed by atoms with Crippen molar-refractivity contribution in [1.82, 2.24) is 20.4 Å². The average molecular weight is 695 g/mol. The standard InChI is InChI=1S/C19H21F3N6O2.C16H20N2O2/c1-2-28-16(26-13-6-4-3-5-7-13)12(11-23)10-15(18(28)30)27-17(29)14(24)8-9-25-19(20,21)22;1-12(9-18-10-14-7-15(11-18)20-14)16(19)17-8-13-5-3-2-4-6-13/h3-9,11,15H,2,10,23-24H2,1H3,(H,27,29);2-6,14-15H,1,7-11H2,(H,17,19)/b12-11-,14-8-,25-9+,26-16?;. The lowest BCUT2D eigenvalue weighted by Gasteiger charge is -2.47. The summed E-state index contributed by atoms with van der Waals surface area (Å²) in [6, 6.07) is 17.9. The van der Waals surface area contributed by atoms with Crippen LogP contribution in [0.1, 0.15) is 25.3 Å². The maximum atomic E-state index is 12.8. The van der Waals surface area contributed by atoms with E-state index < -0.39 is 29.9 Å². The van der Waals surface area contributed by atoms with Gasteiger partial charge < -0.3 is 26.8 Å². The molecule has 4 aliphatic rings. The molecular formula is C35H41F3N8O4. The number of amides is 3. The fourth-order valence-electron chi connectivity index (χ4n) is 5.52. The van der Waals surface area contributed by atoms with E-state index in [9.17, 15) is 27.6 Å². The summed E-state index contributed by atoms with van der Waals surface area (Å²) in [6.45, 7) is 8.92. The van der Waals surface area contributed by atoms with Gasteiger partial charge in [0.2, 0.25) is 5.91 Å². The number of hydrogen-bond acceptors (Lipinski definition) is 9. The summed E-state index contributed by atoms with van der Waals surface area (Å²) in [5.74, 6) is -1.04. The lowest BCUT2D eigenvalue weighted by atomic mass is 9.98. The summed E-state index contributed by atoms with van der Waals surface area (Å²) < 4.78 is 41.7. The Morgan fingerprint density at radius 1 is 1.06 bits per heavy atom. The highest BCUT2D eigenvalue weighted by Crippen LogP contribution is 2.28. The number of aliphatic imine (C=N–C) groups is 2. The molecule has 6 rings (SSSR count). The number of piperidine rings is 2. The Morgan fingerprint density at radius 3 is 2.26 bits per heavy atom. The van der Waals surface area contributed by atoms with Crippen molar-refractivity contribution in [3.63, 3.8) is 0 Å². The van der Waals surface area contributed by atoms with Gasteiger partial charge in [-0.25, -0.2) is 4.99 Å². The van der Waals surface area contributed by atoms with Crippen molar-refractivity contribution in [2.24, 2.45) is 21.5 Å². The van der Waals surface area contributed by atoms with Gasteiger partial charge >= 0.3 is 6.30 Å². The molecule has 4 saturated heterocycles. The van der Waals surface area contributed by atoms with E-state index in [1.807, 2.05) is 36.4 Å². The second-order valence-electron chi connectivity index (χ2n) is 11.7. The molecule has 0 saturated carbocycles. The Morgan fingerprint density at radius 2 is 1.68 bits per heavy atom. The molecule has 4 aliphatic heterocycles. The van der Waals surface area contributed by atoms with E-state index in [1.165, 1.54) is 17.5 Å². The molecular weight excluding hydrogens is 653 g/mol. The third-order valence-corrected chi connectivity index (χ3v) is 7.95. The Bertz CT molecular complexity index is 1630. The molecule has 0 spiro atoms. The number of carbonyl (C=O) groups excluding carboxylic acids is 3. The first kappa shape index (κ1) is 37.5. The first-order valence-corrected chi connectivity index (χ1v) is 16.0. The van der Waals surface area contributed by atoms with Gasteiger partial charge in [0.25, 0.3) is 11.8 Å². The number of nitrogens with one attached hydrogen (secondary N) is 2. The third-order valence-electron chi connectivity index (χ3n) is 7.95. The zero-order valence-corrected chi connectivity index (χ0v) is 27.6. The molecule has 3 atom stereocenters. The number of rotatable bonds is 10. The normalized spacial score (nSPS) is 22.5. The molecule has 0 aliphatic carbocycles. The van der Waals surface area contributed by atoms with Crippen LogP contribution in [0.5, 0.6) is 0 Å². The van der Waals surface area contributed by atoms with Crippen molar-refractivity contribution in [1.29, 1.82) is 0 Å². The highest BCUT2D eigenvalue weighted by molar-refractivity contribution is 6.13. The molecule has 0 aromatic heterocycles. The van der Waals surface area contributed by atoms with Crippen LogP contribution in [-0.2, 0) is 25.7 Å². The summed E-state index contributed by atoms with van der Waals surface area (Å²) in [6.07, 6.45) is -0.449. The number of benzene rings is 2. The van der Waals surface area contributed by atoms with Crippen molar-refractivity contribution in [3.8, 4) is 0 Å². The summed E-state index contributed by atoms with van der Waals surface area (Å²) in [5.41, 5.74) is 13.5. The van der Waals surface area contributed by atoms with Crippen LogP contribution in [0.15, 0.2) is 106 Å². The van der Waals surface area contributed by atoms with Gasteiger partial charge in [0.1, 0.15) is 11.9 Å². The van der Waals surface area contributed by atoms with Crippen LogP contribution in [-0.4, -0.2) is 90.3 Å². The molecule has 6 N–H and O–H groups in total. The molecule has 4 fully saturated rings. The topological polar surface area (TPSA) is 168 Å². The van der Waals surface area contributed by atoms with Crippen LogP contribution < -0.4 is 22.1 Å². The quantitative estimate of drug-likeness (QED) is 0.169. The van der Waals surface area contributed by atoms with E-state index in [4.69, 9.17) is 16.2 Å². The van der Waals surface area contributed by atoms with Crippen molar-refractivity contribution in [2.75, 3.05) is 26.2 Å². The van der Waals surface area contributed by atoms with E-state index in [1.54, 1.807) is 31.2 Å². The number of fused-ring (bicyclic) bond motifs is 2. The van der Waals surface area contributed by atoms with Crippen LogP contribution in [0, 0.1) is 0 Å². The maximum Gasteiger partial charge on any atom is 0.503 e. The number of nitrogens with two attached hydrogens (primary N) is 2. The second-order valence-corrected chi connectivity index (χ2v) is 11.7. The number of likely N-dealkylation sites (tertiary alicyclic amines) is 1. The van der Waals surface area contributed by atoms with Crippen LogP contribution in [0.4, 0.5) is 18.9 Å². The van der Waals surface area contributed by atoms with Gasteiger partial charge in [0, 0.05) is 69.1 Å². The van der Waals surface area contributed by atoms with Gasteiger partial charge in [0.05, 0.1) is 23.6 Å². The van der Waals surface area contributed by atoms with Gasteiger partial charge in [-0.05, 0) is 30.7 Å². The number of amidine groups is 1. The molecule has 12 nitrogen and oxygen atoms in total. The summed E-state index contributed by atoms with van der Waals surface area (Å²) in [5, 5.41) is 5.33. The molecule has 2 bridgehead atoms. The summed E-state index contributed by atoms with van der Waals surface area (Å²) in [4.78, 5) is 47.4. The Balaban J connectivity index is 0.000000242. The fraction of sp³-hybridized carbons (Fsp3) is 0.343. The molecule has 2 aromatic carbocycles. The number of para-hydroxylation sites is 1. The molecule has 15 heteroatoms. The highest BCUT2D eigenvalue weighted by Gasteiger charge is 2.38. The average Bonchev–Trinajstić information content (AvgIpc) is 3.08. The molecule has 3 unspecified atom stereocenters. The Labute approximate surface area is 288 Å². The maximum absolute atomic E-state index is 12.8. The zero-order chi connectivity index (χ0) is 36.3. The molecule has 2 aromatic rings. The van der Waals surface area contributed by atoms with Crippen LogP contribution in [0.2, 0.25) is 0 Å². The van der Waals surface area contributed by atoms with Gasteiger partial charge in [0.15, 0.2) is 0 Å². The number of carbonyl (C=O) groups is 3. The van der Waals surface area contributed by atoms with Crippen LogP contribution >= 0.6 is 0 Å². The van der Waals surface area contributed by atoms with Gasteiger partial charge in [-0.15, -0.1) is 13.2 Å². The Hall–Kier alpha value is -5.28. The molecule has 0 radical (unpaired) electrons. The van der Waals surface area contributed by atoms with Gasteiger partial charge in [-0.3, -0.25) is 24.2 Å². The molecule has 50 heavy (non-hydrogen) atoms. The monoisotopic (exact) mass is 694 g/mol. The number of allylic oxidation sites excluding steroid dienone is 1. The van der Waals surface area contributed by atoms with Crippen LogP contribution in [0.25, 0.3) is 0 Å². The number of morpholine rings is 1. The number of alkyl halides is 3. The minimum absolute atomic E-state index is 0.0488. The molecule has 3 amide bonds. The van der Waals surface area contributed by atoms with E-state index in [0.717, 1.165) is 18.7 Å². The van der Waals surface area contributed by atoms with E-state index in [2.05, 4.69) is 32.1 Å². The first-order chi connectivity index (χ1) is 23.9. The predicted molar refractivity (Wildman–Crippen MR) is 184 cm³/mol. The lowest BCUT2D eigenvalue weighted by Crippen LogP contribution is -2.57. The first-order valence-electron chi connectivity index (χ1n) is 16.0. The zero-order valence-electron chi connectivity index (χ0n) is 27.6. The SMILES string of the molecule is C=C(CN1CC2CC(C1)O2)C(=O)NCc1ccccc1.CCN1C(=O)C(NC(=O)/C(N)=C/C=N/C(F)(F)F)C/C(=C/N)C1=Nc1ccccc1. The fourth-order valence-corrected chi connectivity index (χ4v) is 5.52. The third kappa shape index (κ3) is 10.9. The summed E-state index contributed by atoms with van der Waals surface area (Å²) >= 11 is 0. The summed E-state index contributed by atoms with van der Waals surface area (Å²) in [7, 11) is 0. The van der Waals surface area contributed by atoms with Crippen molar-refractivity contribution in [2.45, 2.75) is 50.9 Å².